The van der Waals surface area contributed by atoms with Gasteiger partial charge in [0, 0.05) is 0 Å². The van der Waals surface area contributed by atoms with Crippen molar-refractivity contribution in [2.45, 2.75) is 25.3 Å². The van der Waals surface area contributed by atoms with Crippen LogP contribution in [0.1, 0.15) is 19.8 Å². The highest BCUT2D eigenvalue weighted by Gasteiger charge is 2.36. The predicted octanol–water partition coefficient (Wildman–Crippen LogP) is 0.882. The van der Waals surface area contributed by atoms with E-state index in [0.717, 1.165) is 19.4 Å². The first kappa shape index (κ1) is 13.6. The third-order valence-corrected chi connectivity index (χ3v) is 3.68. The fourth-order valence-electron chi connectivity index (χ4n) is 2.38. The van der Waals surface area contributed by atoms with E-state index < -0.39 is 11.4 Å². The molecule has 1 unspecified atom stereocenters. The Labute approximate surface area is 120 Å². The molecule has 2 N–H and O–H groups in total. The van der Waals surface area contributed by atoms with Crippen LogP contribution in [0, 0.1) is 5.82 Å². The third-order valence-electron chi connectivity index (χ3n) is 3.68. The van der Waals surface area contributed by atoms with Gasteiger partial charge in [-0.3, -0.25) is 4.79 Å². The second-order valence-corrected chi connectivity index (χ2v) is 5.24. The van der Waals surface area contributed by atoms with E-state index in [1.165, 1.54) is 29.2 Å². The molecule has 7 nitrogen and oxygen atoms in total. The molecular formula is C13H15FN6O. The minimum atomic E-state index is -0.656. The summed E-state index contributed by atoms with van der Waals surface area (Å²) in [6, 6.07) is 4.32. The molecule has 1 saturated heterocycles. The van der Waals surface area contributed by atoms with Gasteiger partial charge in [-0.2, -0.15) is 0 Å². The number of tetrazole rings is 1. The van der Waals surface area contributed by atoms with Crippen LogP contribution in [-0.2, 0) is 4.79 Å². The van der Waals surface area contributed by atoms with Crippen LogP contribution in [0.5, 0.6) is 0 Å². The first-order valence-electron chi connectivity index (χ1n) is 6.68. The summed E-state index contributed by atoms with van der Waals surface area (Å²) in [5.41, 5.74) is 0.0289. The van der Waals surface area contributed by atoms with Gasteiger partial charge in [-0.1, -0.05) is 0 Å². The lowest BCUT2D eigenvalue weighted by molar-refractivity contribution is -0.121. The molecule has 0 radical (unpaired) electrons. The van der Waals surface area contributed by atoms with Crippen LogP contribution in [0.4, 0.5) is 10.1 Å². The number of amides is 1. The monoisotopic (exact) mass is 290 g/mol. The van der Waals surface area contributed by atoms with Crippen molar-refractivity contribution in [2.24, 2.45) is 0 Å². The molecule has 1 fully saturated rings. The van der Waals surface area contributed by atoms with Crippen molar-refractivity contribution in [1.82, 2.24) is 25.5 Å². The van der Waals surface area contributed by atoms with E-state index in [2.05, 4.69) is 26.2 Å². The summed E-state index contributed by atoms with van der Waals surface area (Å²) in [5, 5.41) is 16.6. The molecule has 1 atom stereocenters. The SMILES string of the molecule is CC1(C(=O)Nc2cc(-n3cnnn3)ccc2F)CCCN1. The predicted molar refractivity (Wildman–Crippen MR) is 73.4 cm³/mol. The maximum Gasteiger partial charge on any atom is 0.244 e. The first-order valence-corrected chi connectivity index (χ1v) is 6.68. The quantitative estimate of drug-likeness (QED) is 0.876. The highest BCUT2D eigenvalue weighted by Crippen LogP contribution is 2.23. The van der Waals surface area contributed by atoms with Crippen LogP contribution in [-0.4, -0.2) is 38.2 Å². The molecule has 2 heterocycles. The zero-order valence-electron chi connectivity index (χ0n) is 11.5. The van der Waals surface area contributed by atoms with Crippen LogP contribution < -0.4 is 10.6 Å². The van der Waals surface area contributed by atoms with Crippen molar-refractivity contribution in [1.29, 1.82) is 0 Å². The van der Waals surface area contributed by atoms with Crippen LogP contribution in [0.25, 0.3) is 5.69 Å². The summed E-state index contributed by atoms with van der Waals surface area (Å²) in [6.07, 6.45) is 3.06. The van der Waals surface area contributed by atoms with Crippen molar-refractivity contribution < 1.29 is 9.18 Å². The topological polar surface area (TPSA) is 84.7 Å². The average Bonchev–Trinajstić information content (AvgIpc) is 3.13. The van der Waals surface area contributed by atoms with Gasteiger partial charge in [0.2, 0.25) is 5.91 Å². The molecule has 8 heteroatoms. The fraction of sp³-hybridized carbons (Fsp3) is 0.385. The lowest BCUT2D eigenvalue weighted by Gasteiger charge is -2.23. The normalized spacial score (nSPS) is 21.4. The summed E-state index contributed by atoms with van der Waals surface area (Å²) in [6.45, 7) is 2.61. The summed E-state index contributed by atoms with van der Waals surface area (Å²) < 4.78 is 15.3. The van der Waals surface area contributed by atoms with E-state index in [0.29, 0.717) is 5.69 Å². The van der Waals surface area contributed by atoms with E-state index >= 15 is 0 Å². The number of aromatic nitrogens is 4. The lowest BCUT2D eigenvalue weighted by atomic mass is 9.99. The van der Waals surface area contributed by atoms with Crippen LogP contribution in [0.15, 0.2) is 24.5 Å². The Balaban J connectivity index is 1.85. The van der Waals surface area contributed by atoms with Crippen molar-refractivity contribution in [3.63, 3.8) is 0 Å². The lowest BCUT2D eigenvalue weighted by Crippen LogP contribution is -2.48. The Kier molecular flexibility index (Phi) is 3.38. The van der Waals surface area contributed by atoms with Gasteiger partial charge in [0.05, 0.1) is 16.9 Å². The van der Waals surface area contributed by atoms with E-state index in [4.69, 9.17) is 0 Å². The Morgan fingerprint density at radius 1 is 1.52 bits per heavy atom. The largest absolute Gasteiger partial charge is 0.322 e. The number of nitrogens with zero attached hydrogens (tertiary/aromatic N) is 4. The van der Waals surface area contributed by atoms with Crippen LogP contribution >= 0.6 is 0 Å². The van der Waals surface area contributed by atoms with E-state index in [1.807, 2.05) is 6.92 Å². The van der Waals surface area contributed by atoms with Gasteiger partial charge in [0.25, 0.3) is 0 Å². The number of nitrogens with one attached hydrogen (secondary N) is 2. The van der Waals surface area contributed by atoms with Gasteiger partial charge in [0.1, 0.15) is 12.1 Å². The van der Waals surface area contributed by atoms with Gasteiger partial charge in [-0.15, -0.1) is 5.10 Å². The molecular weight excluding hydrogens is 275 g/mol. The molecule has 1 aliphatic heterocycles. The number of rotatable bonds is 3. The molecule has 3 rings (SSSR count). The number of carbonyl (C=O) groups excluding carboxylic acids is 1. The third kappa shape index (κ3) is 2.62. The Morgan fingerprint density at radius 2 is 2.38 bits per heavy atom. The Morgan fingerprint density at radius 3 is 3.05 bits per heavy atom. The fourth-order valence-corrected chi connectivity index (χ4v) is 2.38. The number of halogens is 1. The van der Waals surface area contributed by atoms with E-state index in [9.17, 15) is 9.18 Å². The number of benzene rings is 1. The second-order valence-electron chi connectivity index (χ2n) is 5.24. The maximum absolute atomic E-state index is 13.9. The van der Waals surface area contributed by atoms with Gasteiger partial charge < -0.3 is 10.6 Å². The summed E-state index contributed by atoms with van der Waals surface area (Å²) >= 11 is 0. The standard InChI is InChI=1S/C13H15FN6O/c1-13(5-2-6-15-13)12(21)17-11-7-9(3-4-10(11)14)20-8-16-18-19-20/h3-4,7-8,15H,2,5-6H2,1H3,(H,17,21). The van der Waals surface area contributed by atoms with Crippen LogP contribution in [0.2, 0.25) is 0 Å². The minimum absolute atomic E-state index is 0.114. The molecule has 21 heavy (non-hydrogen) atoms. The Hall–Kier alpha value is -2.35. The number of carbonyl (C=O) groups is 1. The van der Waals surface area contributed by atoms with Gasteiger partial charge in [0.15, 0.2) is 0 Å². The van der Waals surface area contributed by atoms with Gasteiger partial charge in [-0.05, 0) is 54.9 Å². The molecule has 0 saturated carbocycles. The zero-order chi connectivity index (χ0) is 14.9. The molecule has 110 valence electrons. The van der Waals surface area contributed by atoms with Crippen LogP contribution in [0.3, 0.4) is 0 Å². The van der Waals surface area contributed by atoms with Gasteiger partial charge in [-0.25, -0.2) is 9.07 Å². The number of hydrogen-bond donors (Lipinski definition) is 2. The number of hydrogen-bond acceptors (Lipinski definition) is 5. The van der Waals surface area contributed by atoms with Crippen molar-refractivity contribution >= 4 is 11.6 Å². The second kappa shape index (κ2) is 5.21. The van der Waals surface area contributed by atoms with Gasteiger partial charge >= 0.3 is 0 Å². The summed E-state index contributed by atoms with van der Waals surface area (Å²) in [4.78, 5) is 12.3. The molecule has 0 aliphatic carbocycles. The highest BCUT2D eigenvalue weighted by molar-refractivity contribution is 5.98. The first-order chi connectivity index (χ1) is 10.1. The van der Waals surface area contributed by atoms with E-state index in [1.54, 1.807) is 0 Å². The maximum atomic E-state index is 13.9. The molecule has 1 aromatic carbocycles. The molecule has 1 aromatic heterocycles. The van der Waals surface area contributed by atoms with Crippen molar-refractivity contribution in [3.8, 4) is 5.69 Å². The molecule has 1 aliphatic rings. The Bertz CT molecular complexity index is 651. The summed E-state index contributed by atoms with van der Waals surface area (Å²) in [7, 11) is 0. The molecule has 2 aromatic rings. The molecule has 0 bridgehead atoms. The molecule has 1 amide bonds. The highest BCUT2D eigenvalue weighted by atomic mass is 19.1. The summed E-state index contributed by atoms with van der Waals surface area (Å²) in [5.74, 6) is -0.741. The molecule has 0 spiro atoms. The van der Waals surface area contributed by atoms with E-state index in [-0.39, 0.29) is 11.6 Å². The number of anilines is 1. The van der Waals surface area contributed by atoms with Crippen molar-refractivity contribution in [3.05, 3.63) is 30.3 Å². The minimum Gasteiger partial charge on any atom is -0.322 e. The zero-order valence-corrected chi connectivity index (χ0v) is 11.5. The van der Waals surface area contributed by atoms with Crippen molar-refractivity contribution in [2.75, 3.05) is 11.9 Å². The average molecular weight is 290 g/mol. The smallest absolute Gasteiger partial charge is 0.244 e.